The first-order chi connectivity index (χ1) is 13.3. The normalized spacial score (nSPS) is 15.7. The van der Waals surface area contributed by atoms with E-state index in [1.807, 2.05) is 24.5 Å². The highest BCUT2D eigenvalue weighted by atomic mass is 16.1. The number of pyridine rings is 1. The Labute approximate surface area is 157 Å². The summed E-state index contributed by atoms with van der Waals surface area (Å²) in [5.41, 5.74) is 2.75. The van der Waals surface area contributed by atoms with Crippen LogP contribution in [0.5, 0.6) is 0 Å². The monoisotopic (exact) mass is 362 g/mol. The molecule has 0 aromatic carbocycles. The molecule has 1 saturated heterocycles. The van der Waals surface area contributed by atoms with E-state index in [1.54, 1.807) is 35.7 Å². The highest BCUT2D eigenvalue weighted by Crippen LogP contribution is 2.20. The van der Waals surface area contributed by atoms with Crippen molar-refractivity contribution in [3.8, 4) is 11.3 Å². The highest BCUT2D eigenvalue weighted by molar-refractivity contribution is 5.57. The van der Waals surface area contributed by atoms with Gasteiger partial charge in [0.2, 0.25) is 0 Å². The van der Waals surface area contributed by atoms with Crippen molar-refractivity contribution in [2.24, 2.45) is 5.92 Å². The number of likely N-dealkylation sites (tertiary alicyclic amines) is 1. The predicted molar refractivity (Wildman–Crippen MR) is 102 cm³/mol. The van der Waals surface area contributed by atoms with Crippen LogP contribution in [0.3, 0.4) is 0 Å². The van der Waals surface area contributed by atoms with Crippen molar-refractivity contribution in [1.29, 1.82) is 0 Å². The smallest absolute Gasteiger partial charge is 0.253 e. The van der Waals surface area contributed by atoms with Gasteiger partial charge in [0.15, 0.2) is 0 Å². The fourth-order valence-corrected chi connectivity index (χ4v) is 3.52. The van der Waals surface area contributed by atoms with Gasteiger partial charge in [-0.15, -0.1) is 0 Å². The lowest BCUT2D eigenvalue weighted by Gasteiger charge is -2.32. The van der Waals surface area contributed by atoms with Gasteiger partial charge in [0.25, 0.3) is 5.56 Å². The van der Waals surface area contributed by atoms with Crippen molar-refractivity contribution in [3.63, 3.8) is 0 Å². The number of piperidine rings is 1. The Kier molecular flexibility index (Phi) is 5.29. The molecular weight excluding hydrogens is 340 g/mol. The number of aromatic nitrogens is 5. The fraction of sp³-hybridized carbons (Fsp3) is 0.350. The van der Waals surface area contributed by atoms with Crippen LogP contribution in [0.1, 0.15) is 18.4 Å². The van der Waals surface area contributed by atoms with Gasteiger partial charge < -0.3 is 0 Å². The molecular formula is C20H22N6O. The van der Waals surface area contributed by atoms with Crippen molar-refractivity contribution in [3.05, 3.63) is 71.6 Å². The van der Waals surface area contributed by atoms with E-state index in [1.165, 1.54) is 0 Å². The van der Waals surface area contributed by atoms with Crippen LogP contribution < -0.4 is 5.56 Å². The van der Waals surface area contributed by atoms with E-state index in [2.05, 4.69) is 24.8 Å². The van der Waals surface area contributed by atoms with Crippen LogP contribution in [0, 0.1) is 5.92 Å². The topological polar surface area (TPSA) is 76.8 Å². The lowest BCUT2D eigenvalue weighted by Crippen LogP contribution is -2.36. The fourth-order valence-electron chi connectivity index (χ4n) is 3.52. The van der Waals surface area contributed by atoms with E-state index in [0.29, 0.717) is 11.6 Å². The summed E-state index contributed by atoms with van der Waals surface area (Å²) in [7, 11) is 0. The van der Waals surface area contributed by atoms with Crippen LogP contribution in [0.15, 0.2) is 60.4 Å². The molecule has 3 aromatic heterocycles. The molecule has 0 atom stereocenters. The summed E-state index contributed by atoms with van der Waals surface area (Å²) in [5, 5.41) is 0. The second kappa shape index (κ2) is 8.18. The molecule has 7 heteroatoms. The van der Waals surface area contributed by atoms with Gasteiger partial charge in [-0.25, -0.2) is 15.0 Å². The Hall–Kier alpha value is -2.93. The van der Waals surface area contributed by atoms with Crippen LogP contribution in [-0.4, -0.2) is 42.5 Å². The lowest BCUT2D eigenvalue weighted by atomic mass is 9.96. The Balaban J connectivity index is 1.34. The van der Waals surface area contributed by atoms with E-state index in [0.717, 1.165) is 50.1 Å². The van der Waals surface area contributed by atoms with Gasteiger partial charge in [-0.2, -0.15) is 0 Å². The van der Waals surface area contributed by atoms with Crippen LogP contribution in [0.4, 0.5) is 0 Å². The molecule has 0 radical (unpaired) electrons. The van der Waals surface area contributed by atoms with Gasteiger partial charge in [0, 0.05) is 55.1 Å². The zero-order valence-electron chi connectivity index (χ0n) is 15.1. The second-order valence-corrected chi connectivity index (χ2v) is 6.97. The molecule has 0 spiro atoms. The molecule has 1 aliphatic heterocycles. The summed E-state index contributed by atoms with van der Waals surface area (Å²) in [6, 6.07) is 5.33. The van der Waals surface area contributed by atoms with Gasteiger partial charge in [-0.1, -0.05) is 0 Å². The Morgan fingerprint density at radius 2 is 1.78 bits per heavy atom. The third-order valence-corrected chi connectivity index (χ3v) is 5.04. The van der Waals surface area contributed by atoms with E-state index < -0.39 is 0 Å². The number of rotatable bonds is 5. The minimum absolute atomic E-state index is 0.000626. The first-order valence-corrected chi connectivity index (χ1v) is 9.21. The van der Waals surface area contributed by atoms with Crippen LogP contribution in [-0.2, 0) is 13.1 Å². The SMILES string of the molecule is O=c1cc(-c2ccncc2)ncn1CC1CCN(Cc2cncnc2)CC1. The largest absolute Gasteiger partial charge is 0.299 e. The summed E-state index contributed by atoms with van der Waals surface area (Å²) >= 11 is 0. The summed E-state index contributed by atoms with van der Waals surface area (Å²) in [4.78, 5) is 31.5. The molecule has 1 fully saturated rings. The first-order valence-electron chi connectivity index (χ1n) is 9.21. The number of hydrogen-bond donors (Lipinski definition) is 0. The average molecular weight is 362 g/mol. The molecule has 4 rings (SSSR count). The first kappa shape index (κ1) is 17.5. The average Bonchev–Trinajstić information content (AvgIpc) is 2.72. The van der Waals surface area contributed by atoms with Gasteiger partial charge in [-0.3, -0.25) is 19.2 Å². The zero-order valence-corrected chi connectivity index (χ0v) is 15.1. The quantitative estimate of drug-likeness (QED) is 0.691. The van der Waals surface area contributed by atoms with E-state index >= 15 is 0 Å². The van der Waals surface area contributed by atoms with Crippen LogP contribution in [0.25, 0.3) is 11.3 Å². The van der Waals surface area contributed by atoms with Gasteiger partial charge in [0.1, 0.15) is 6.33 Å². The van der Waals surface area contributed by atoms with Crippen molar-refractivity contribution >= 4 is 0 Å². The number of nitrogens with zero attached hydrogens (tertiary/aromatic N) is 6. The Bertz CT molecular complexity index is 920. The molecule has 0 N–H and O–H groups in total. The van der Waals surface area contributed by atoms with Gasteiger partial charge >= 0.3 is 0 Å². The molecule has 4 heterocycles. The molecule has 1 aliphatic rings. The van der Waals surface area contributed by atoms with Crippen LogP contribution >= 0.6 is 0 Å². The van der Waals surface area contributed by atoms with Gasteiger partial charge in [-0.05, 0) is 44.0 Å². The van der Waals surface area contributed by atoms with Crippen molar-refractivity contribution in [1.82, 2.24) is 29.4 Å². The molecule has 138 valence electrons. The zero-order chi connectivity index (χ0) is 18.5. The molecule has 7 nitrogen and oxygen atoms in total. The third-order valence-electron chi connectivity index (χ3n) is 5.04. The molecule has 0 bridgehead atoms. The van der Waals surface area contributed by atoms with E-state index in [-0.39, 0.29) is 5.56 Å². The Morgan fingerprint density at radius 1 is 1.04 bits per heavy atom. The molecule has 0 unspecified atom stereocenters. The summed E-state index contributed by atoms with van der Waals surface area (Å²) in [6.07, 6.45) is 12.5. The molecule has 3 aromatic rings. The molecule has 27 heavy (non-hydrogen) atoms. The summed E-state index contributed by atoms with van der Waals surface area (Å²) in [6.45, 7) is 3.66. The maximum atomic E-state index is 12.5. The molecule has 0 aliphatic carbocycles. The maximum absolute atomic E-state index is 12.5. The predicted octanol–water partition coefficient (Wildman–Crippen LogP) is 2.01. The standard InChI is InChI=1S/C20H22N6O/c27-20-9-19(18-1-5-21-6-2-18)24-15-26(20)13-16-3-7-25(8-4-16)12-17-10-22-14-23-11-17/h1-2,5-6,9-11,14-16H,3-4,7-8,12-13H2. The second-order valence-electron chi connectivity index (χ2n) is 6.97. The molecule has 0 amide bonds. The van der Waals surface area contributed by atoms with Crippen molar-refractivity contribution < 1.29 is 0 Å². The minimum atomic E-state index is 0.000626. The van der Waals surface area contributed by atoms with Crippen LogP contribution in [0.2, 0.25) is 0 Å². The third kappa shape index (κ3) is 4.43. The van der Waals surface area contributed by atoms with E-state index in [9.17, 15) is 4.79 Å². The maximum Gasteiger partial charge on any atom is 0.253 e. The summed E-state index contributed by atoms with van der Waals surface area (Å²) < 4.78 is 1.73. The molecule has 0 saturated carbocycles. The summed E-state index contributed by atoms with van der Waals surface area (Å²) in [5.74, 6) is 0.500. The Morgan fingerprint density at radius 3 is 2.48 bits per heavy atom. The number of hydrogen-bond acceptors (Lipinski definition) is 6. The minimum Gasteiger partial charge on any atom is -0.299 e. The van der Waals surface area contributed by atoms with E-state index in [4.69, 9.17) is 0 Å². The van der Waals surface area contributed by atoms with Gasteiger partial charge in [0.05, 0.1) is 12.0 Å². The van der Waals surface area contributed by atoms with Crippen molar-refractivity contribution in [2.75, 3.05) is 13.1 Å². The lowest BCUT2D eigenvalue weighted by molar-refractivity contribution is 0.166. The highest BCUT2D eigenvalue weighted by Gasteiger charge is 2.20. The van der Waals surface area contributed by atoms with Crippen molar-refractivity contribution in [2.45, 2.75) is 25.9 Å².